The van der Waals surface area contributed by atoms with E-state index in [4.69, 9.17) is 25.5 Å². The van der Waals surface area contributed by atoms with Crippen LogP contribution in [0.15, 0.2) is 75.9 Å². The number of halogens is 1. The predicted octanol–water partition coefficient (Wildman–Crippen LogP) is 5.60. The zero-order valence-electron chi connectivity index (χ0n) is 18.0. The fourth-order valence-corrected chi connectivity index (χ4v) is 4.38. The maximum absolute atomic E-state index is 13.6. The van der Waals surface area contributed by atoms with Gasteiger partial charge in [0.05, 0.1) is 30.7 Å². The normalized spacial score (nSPS) is 15.1. The summed E-state index contributed by atoms with van der Waals surface area (Å²) in [6, 6.07) is 18.6. The Kier molecular flexibility index (Phi) is 5.30. The van der Waals surface area contributed by atoms with Crippen molar-refractivity contribution in [2.24, 2.45) is 0 Å². The molecule has 0 N–H and O–H groups in total. The number of hydrogen-bond acceptors (Lipinski definition) is 5. The van der Waals surface area contributed by atoms with Gasteiger partial charge in [-0.15, -0.1) is 0 Å². The fourth-order valence-electron chi connectivity index (χ4n) is 4.21. The molecule has 166 valence electrons. The van der Waals surface area contributed by atoms with E-state index < -0.39 is 11.9 Å². The van der Waals surface area contributed by atoms with Crippen molar-refractivity contribution in [2.45, 2.75) is 13.0 Å². The maximum atomic E-state index is 13.6. The first kappa shape index (κ1) is 21.1. The number of rotatable bonds is 5. The Morgan fingerprint density at radius 3 is 2.52 bits per heavy atom. The van der Waals surface area contributed by atoms with Gasteiger partial charge < -0.3 is 13.9 Å². The molecular formula is C26H20ClNO5. The second-order valence-electron chi connectivity index (χ2n) is 7.60. The van der Waals surface area contributed by atoms with E-state index in [9.17, 15) is 9.59 Å². The van der Waals surface area contributed by atoms with E-state index in [1.165, 1.54) is 0 Å². The number of amides is 1. The number of carbonyl (C=O) groups is 1. The molecule has 1 atom stereocenters. The largest absolute Gasteiger partial charge is 0.497 e. The first-order chi connectivity index (χ1) is 16.0. The molecule has 0 saturated heterocycles. The zero-order valence-corrected chi connectivity index (χ0v) is 18.8. The highest BCUT2D eigenvalue weighted by Crippen LogP contribution is 2.42. The lowest BCUT2D eigenvalue weighted by Gasteiger charge is -2.25. The van der Waals surface area contributed by atoms with Crippen molar-refractivity contribution in [3.8, 4) is 11.5 Å². The summed E-state index contributed by atoms with van der Waals surface area (Å²) < 4.78 is 16.9. The van der Waals surface area contributed by atoms with Gasteiger partial charge in [-0.05, 0) is 67.1 Å². The second kappa shape index (κ2) is 8.30. The molecule has 1 aromatic heterocycles. The van der Waals surface area contributed by atoms with Crippen molar-refractivity contribution in [1.82, 2.24) is 0 Å². The van der Waals surface area contributed by atoms with Crippen molar-refractivity contribution >= 4 is 34.2 Å². The number of methoxy groups -OCH3 is 1. The number of nitrogens with zero attached hydrogens (tertiary/aromatic N) is 1. The Bertz CT molecular complexity index is 1430. The second-order valence-corrected chi connectivity index (χ2v) is 8.03. The molecule has 7 heteroatoms. The molecule has 0 fully saturated rings. The summed E-state index contributed by atoms with van der Waals surface area (Å²) in [5.74, 6) is 0.943. The Morgan fingerprint density at radius 2 is 1.79 bits per heavy atom. The van der Waals surface area contributed by atoms with Gasteiger partial charge in [-0.25, -0.2) is 0 Å². The van der Waals surface area contributed by atoms with Crippen molar-refractivity contribution in [1.29, 1.82) is 0 Å². The first-order valence-corrected chi connectivity index (χ1v) is 10.9. The molecule has 33 heavy (non-hydrogen) atoms. The van der Waals surface area contributed by atoms with Crippen LogP contribution < -0.4 is 19.8 Å². The average Bonchev–Trinajstić information content (AvgIpc) is 3.13. The molecule has 3 aromatic carbocycles. The third-order valence-corrected chi connectivity index (χ3v) is 5.90. The van der Waals surface area contributed by atoms with E-state index in [0.717, 1.165) is 5.56 Å². The van der Waals surface area contributed by atoms with Crippen LogP contribution in [0.1, 0.15) is 34.6 Å². The molecule has 1 amide bonds. The number of carbonyl (C=O) groups excluding carboxylic acids is 1. The molecule has 4 aromatic rings. The predicted molar refractivity (Wildman–Crippen MR) is 127 cm³/mol. The average molecular weight is 462 g/mol. The minimum absolute atomic E-state index is 0.0246. The molecular weight excluding hydrogens is 442 g/mol. The smallest absolute Gasteiger partial charge is 0.295 e. The fraction of sp³-hybridized carbons (Fsp3) is 0.154. The molecule has 2 heterocycles. The Hall–Kier alpha value is -3.77. The zero-order chi connectivity index (χ0) is 23.1. The molecule has 6 nitrogen and oxygen atoms in total. The van der Waals surface area contributed by atoms with E-state index in [1.807, 2.05) is 31.2 Å². The van der Waals surface area contributed by atoms with E-state index in [2.05, 4.69) is 0 Å². The lowest BCUT2D eigenvalue weighted by atomic mass is 9.98. The minimum atomic E-state index is -0.694. The van der Waals surface area contributed by atoms with Crippen LogP contribution in [0.3, 0.4) is 0 Å². The van der Waals surface area contributed by atoms with Crippen LogP contribution in [0.5, 0.6) is 11.5 Å². The first-order valence-electron chi connectivity index (χ1n) is 10.5. The molecule has 0 aliphatic carbocycles. The highest BCUT2D eigenvalue weighted by Gasteiger charge is 2.43. The van der Waals surface area contributed by atoms with Gasteiger partial charge in [0.15, 0.2) is 5.43 Å². The highest BCUT2D eigenvalue weighted by atomic mass is 35.5. The standard InChI is InChI=1S/C26H20ClNO5/c1-3-32-18-10-8-17(9-11-18)28-23(15-5-4-6-19(13-15)31-2)22-24(29)20-14-16(27)7-12-21(20)33-25(22)26(28)30/h4-14,23H,3H2,1-2H3. The monoisotopic (exact) mass is 461 g/mol. The van der Waals surface area contributed by atoms with Gasteiger partial charge in [0.25, 0.3) is 5.91 Å². The molecule has 1 unspecified atom stereocenters. The third-order valence-electron chi connectivity index (χ3n) is 5.67. The number of fused-ring (bicyclic) bond motifs is 2. The molecule has 1 aliphatic rings. The third kappa shape index (κ3) is 3.52. The van der Waals surface area contributed by atoms with Gasteiger partial charge in [-0.2, -0.15) is 0 Å². The lowest BCUT2D eigenvalue weighted by molar-refractivity contribution is 0.0971. The summed E-state index contributed by atoms with van der Waals surface area (Å²) >= 11 is 6.14. The van der Waals surface area contributed by atoms with Crippen molar-refractivity contribution in [3.05, 3.63) is 98.9 Å². The summed E-state index contributed by atoms with van der Waals surface area (Å²) in [7, 11) is 1.57. The van der Waals surface area contributed by atoms with Gasteiger partial charge in [-0.3, -0.25) is 14.5 Å². The van der Waals surface area contributed by atoms with Gasteiger partial charge in [-0.1, -0.05) is 23.7 Å². The molecule has 0 radical (unpaired) electrons. The Morgan fingerprint density at radius 1 is 1.00 bits per heavy atom. The molecule has 0 saturated carbocycles. The highest BCUT2D eigenvalue weighted by molar-refractivity contribution is 6.31. The molecule has 0 bridgehead atoms. The number of ether oxygens (including phenoxy) is 2. The summed E-state index contributed by atoms with van der Waals surface area (Å²) in [5.41, 5.74) is 1.64. The summed E-state index contributed by atoms with van der Waals surface area (Å²) in [6.07, 6.45) is 0. The van der Waals surface area contributed by atoms with E-state index >= 15 is 0 Å². The van der Waals surface area contributed by atoms with Crippen LogP contribution in [-0.4, -0.2) is 19.6 Å². The molecule has 1 aliphatic heterocycles. The quantitative estimate of drug-likeness (QED) is 0.386. The number of benzene rings is 3. The van der Waals surface area contributed by atoms with Crippen LogP contribution in [0.25, 0.3) is 11.0 Å². The Labute approximate surface area is 194 Å². The van der Waals surface area contributed by atoms with Gasteiger partial charge in [0.1, 0.15) is 17.1 Å². The van der Waals surface area contributed by atoms with Crippen molar-refractivity contribution < 1.29 is 18.7 Å². The van der Waals surface area contributed by atoms with Gasteiger partial charge in [0.2, 0.25) is 5.76 Å². The summed E-state index contributed by atoms with van der Waals surface area (Å²) in [4.78, 5) is 28.8. The van der Waals surface area contributed by atoms with Crippen molar-refractivity contribution in [2.75, 3.05) is 18.6 Å². The van der Waals surface area contributed by atoms with Gasteiger partial charge in [0, 0.05) is 10.7 Å². The van der Waals surface area contributed by atoms with Gasteiger partial charge >= 0.3 is 0 Å². The Balaban J connectivity index is 1.75. The van der Waals surface area contributed by atoms with E-state index in [-0.39, 0.29) is 16.8 Å². The summed E-state index contributed by atoms with van der Waals surface area (Å²) in [5, 5.41) is 0.746. The van der Waals surface area contributed by atoms with Crippen LogP contribution >= 0.6 is 11.6 Å². The topological polar surface area (TPSA) is 69.0 Å². The van der Waals surface area contributed by atoms with Crippen LogP contribution in [-0.2, 0) is 0 Å². The number of anilines is 1. The lowest BCUT2D eigenvalue weighted by Crippen LogP contribution is -2.29. The van der Waals surface area contributed by atoms with Crippen LogP contribution in [0.4, 0.5) is 5.69 Å². The van der Waals surface area contributed by atoms with E-state index in [1.54, 1.807) is 54.5 Å². The van der Waals surface area contributed by atoms with Crippen molar-refractivity contribution in [3.63, 3.8) is 0 Å². The summed E-state index contributed by atoms with van der Waals surface area (Å²) in [6.45, 7) is 2.44. The molecule has 0 spiro atoms. The molecule has 5 rings (SSSR count). The maximum Gasteiger partial charge on any atom is 0.295 e. The van der Waals surface area contributed by atoms with Crippen LogP contribution in [0.2, 0.25) is 5.02 Å². The SMILES string of the molecule is CCOc1ccc(N2C(=O)c3oc4ccc(Cl)cc4c(=O)c3C2c2cccc(OC)c2)cc1. The minimum Gasteiger partial charge on any atom is -0.497 e. The van der Waals surface area contributed by atoms with Crippen LogP contribution in [0, 0.1) is 0 Å². The number of hydrogen-bond donors (Lipinski definition) is 0. The van der Waals surface area contributed by atoms with E-state index in [0.29, 0.717) is 39.8 Å².